The van der Waals surface area contributed by atoms with Gasteiger partial charge in [0.25, 0.3) is 0 Å². The van der Waals surface area contributed by atoms with Crippen LogP contribution in [0.2, 0.25) is 0 Å². The summed E-state index contributed by atoms with van der Waals surface area (Å²) in [6.07, 6.45) is 13.6. The molecule has 8 atom stereocenters. The van der Waals surface area contributed by atoms with Gasteiger partial charge in [0, 0.05) is 13.0 Å². The fourth-order valence-corrected chi connectivity index (χ4v) is 12.2. The highest BCUT2D eigenvalue weighted by Crippen LogP contribution is 2.50. The molecule has 1 heterocycles. The maximum Gasteiger partial charge on any atom is 0.341 e. The fourth-order valence-electron chi connectivity index (χ4n) is 11.0. The van der Waals surface area contributed by atoms with Crippen LogP contribution in [0.1, 0.15) is 140 Å². The SMILES string of the molecule is CCCCC[C@H](O)CC[C@@H]1[C@H]2Cc3cccc(OCC(=O)O)c3C[C@H]2C[C@H]1OC(=O)C1CCCCC1C(=O)NCCCCCCSC1CC(=O)N(C(C)(C)c2ccccccccc2)C1=O. The van der Waals surface area contributed by atoms with Crippen molar-refractivity contribution in [1.82, 2.24) is 10.2 Å². The van der Waals surface area contributed by atoms with Gasteiger partial charge < -0.3 is 25.0 Å². The lowest BCUT2D eigenvalue weighted by molar-refractivity contribution is -0.162. The molecule has 3 N–H and O–H groups in total. The Labute approximate surface area is 396 Å². The van der Waals surface area contributed by atoms with Gasteiger partial charge in [-0.15, -0.1) is 11.8 Å². The highest BCUT2D eigenvalue weighted by Gasteiger charge is 2.49. The summed E-state index contributed by atoms with van der Waals surface area (Å²) in [5.41, 5.74) is 2.27. The molecule has 1 aliphatic heterocycles. The molecule has 4 aliphatic rings. The Morgan fingerprint density at radius 3 is 2.29 bits per heavy atom. The van der Waals surface area contributed by atoms with Crippen molar-refractivity contribution in [2.24, 2.45) is 29.6 Å². The number of carboxylic acid groups (broad SMARTS) is 1. The first kappa shape index (κ1) is 51.0. The third kappa shape index (κ3) is 13.6. The lowest BCUT2D eigenvalue weighted by atomic mass is 9.73. The summed E-state index contributed by atoms with van der Waals surface area (Å²) in [5.74, 6) is -0.645. The van der Waals surface area contributed by atoms with Gasteiger partial charge in [0.1, 0.15) is 11.9 Å². The zero-order chi connectivity index (χ0) is 47.1. The smallest absolute Gasteiger partial charge is 0.341 e. The Bertz CT molecular complexity index is 2000. The molecule has 66 heavy (non-hydrogen) atoms. The van der Waals surface area contributed by atoms with E-state index in [1.807, 2.05) is 80.6 Å². The van der Waals surface area contributed by atoms with Gasteiger partial charge in [-0.25, -0.2) is 4.79 Å². The number of amides is 3. The molecule has 0 spiro atoms. The van der Waals surface area contributed by atoms with Gasteiger partial charge in [0.15, 0.2) is 6.61 Å². The third-order valence-corrected chi connectivity index (χ3v) is 15.9. The van der Waals surface area contributed by atoms with E-state index in [4.69, 9.17) is 9.47 Å². The molecule has 6 rings (SSSR count). The van der Waals surface area contributed by atoms with E-state index >= 15 is 0 Å². The molecule has 2 aromatic rings. The van der Waals surface area contributed by atoms with E-state index in [2.05, 4.69) is 18.3 Å². The van der Waals surface area contributed by atoms with Crippen molar-refractivity contribution >= 4 is 41.4 Å². The molecule has 3 fully saturated rings. The number of fused-ring (bicyclic) bond motifs is 2. The zero-order valence-corrected chi connectivity index (χ0v) is 40.3. The van der Waals surface area contributed by atoms with Crippen molar-refractivity contribution in [3.05, 3.63) is 89.5 Å². The Hall–Kier alpha value is -4.42. The molecule has 12 heteroatoms. The van der Waals surface area contributed by atoms with Gasteiger partial charge in [-0.2, -0.15) is 0 Å². The van der Waals surface area contributed by atoms with Gasteiger partial charge in [-0.1, -0.05) is 119 Å². The monoisotopic (exact) mass is 927 g/mol. The predicted octanol–water partition coefficient (Wildman–Crippen LogP) is 9.54. The van der Waals surface area contributed by atoms with Crippen LogP contribution in [0.3, 0.4) is 0 Å². The molecule has 2 aromatic carbocycles. The second-order valence-corrected chi connectivity index (χ2v) is 20.8. The Kier molecular flexibility index (Phi) is 19.4. The largest absolute Gasteiger partial charge is 0.482 e. The number of carbonyl (C=O) groups excluding carboxylic acids is 4. The number of likely N-dealkylation sites (tertiary alicyclic amines) is 1. The lowest BCUT2D eigenvalue weighted by Crippen LogP contribution is -2.46. The number of unbranched alkanes of at least 4 members (excludes halogenated alkanes) is 5. The van der Waals surface area contributed by atoms with Crippen LogP contribution in [0.4, 0.5) is 0 Å². The lowest BCUT2D eigenvalue weighted by Gasteiger charge is -2.34. The Balaban J connectivity index is 0.964. The number of esters is 1. The standard InChI is InChI=1S/C54H74N2O9S/c1-4-5-13-24-40(57)28-29-41-44-32-37-21-20-27-46(64-36-50(59)60)45(37)33-38(44)34-47(41)65-53(63)43-26-17-16-25-42(43)51(61)55-30-18-11-12-19-31-66-48-35-49(58)56(52(48)62)54(2,3)39-22-14-9-7-6-8-10-15-23-39/h6-10,14-15,20-23,27,38,40-44,47-48,57H,4-5,11-13,16-19,24-26,28-36H2,1-3H3,(H,55,61)(H,59,60)/t38-,40-,41+,42?,43?,44-,47+,48?/m0/s1. The van der Waals surface area contributed by atoms with Crippen LogP contribution in [-0.2, 0) is 47.1 Å². The molecule has 3 aliphatic carbocycles. The topological polar surface area (TPSA) is 160 Å². The number of nitrogens with one attached hydrogen (secondary N) is 1. The number of aliphatic hydroxyl groups excluding tert-OH is 1. The van der Waals surface area contributed by atoms with Crippen molar-refractivity contribution in [2.45, 2.75) is 159 Å². The summed E-state index contributed by atoms with van der Waals surface area (Å²) in [7, 11) is 0. The van der Waals surface area contributed by atoms with E-state index in [1.54, 1.807) is 11.8 Å². The molecule has 0 bridgehead atoms. The number of thioether (sulfide) groups is 1. The highest BCUT2D eigenvalue weighted by molar-refractivity contribution is 8.00. The number of hydrogen-bond donors (Lipinski definition) is 3. The highest BCUT2D eigenvalue weighted by atomic mass is 32.2. The summed E-state index contributed by atoms with van der Waals surface area (Å²) >= 11 is 1.56. The van der Waals surface area contributed by atoms with Gasteiger partial charge in [0.2, 0.25) is 17.7 Å². The summed E-state index contributed by atoms with van der Waals surface area (Å²) in [5, 5.41) is 23.0. The first-order valence-electron chi connectivity index (χ1n) is 24.9. The van der Waals surface area contributed by atoms with Crippen LogP contribution in [0, 0.1) is 29.6 Å². The first-order chi connectivity index (χ1) is 31.9. The van der Waals surface area contributed by atoms with Crippen LogP contribution in [-0.4, -0.2) is 81.1 Å². The van der Waals surface area contributed by atoms with Crippen LogP contribution < -0.4 is 10.1 Å². The van der Waals surface area contributed by atoms with Crippen molar-refractivity contribution in [3.8, 4) is 5.75 Å². The molecule has 1 saturated heterocycles. The number of aliphatic carboxylic acids is 1. The molecule has 0 radical (unpaired) electrons. The maximum absolute atomic E-state index is 14.2. The number of imide groups is 1. The summed E-state index contributed by atoms with van der Waals surface area (Å²) in [4.78, 5) is 67.4. The minimum atomic E-state index is -1.02. The number of aliphatic hydroxyl groups is 1. The van der Waals surface area contributed by atoms with Gasteiger partial charge >= 0.3 is 11.9 Å². The molecule has 360 valence electrons. The number of hydrogen-bond acceptors (Lipinski definition) is 9. The number of carboxylic acids is 1. The molecule has 3 amide bonds. The first-order valence-corrected chi connectivity index (χ1v) is 25.9. The maximum atomic E-state index is 14.2. The van der Waals surface area contributed by atoms with Crippen LogP contribution in [0.15, 0.2) is 72.8 Å². The average Bonchev–Trinajstić information content (AvgIpc) is 3.79. The van der Waals surface area contributed by atoms with Crippen LogP contribution >= 0.6 is 11.8 Å². The molecule has 2 saturated carbocycles. The zero-order valence-electron chi connectivity index (χ0n) is 39.5. The van der Waals surface area contributed by atoms with Crippen molar-refractivity contribution in [1.29, 1.82) is 0 Å². The molecule has 0 aromatic heterocycles. The minimum Gasteiger partial charge on any atom is -0.482 e. The number of nitrogens with zero attached hydrogens (tertiary/aromatic N) is 1. The molecular weight excluding hydrogens is 853 g/mol. The fraction of sp³-hybridized carbons (Fsp3) is 0.611. The van der Waals surface area contributed by atoms with E-state index in [0.29, 0.717) is 38.0 Å². The van der Waals surface area contributed by atoms with Gasteiger partial charge in [0.05, 0.1) is 28.7 Å². The van der Waals surface area contributed by atoms with Crippen molar-refractivity contribution in [3.63, 3.8) is 0 Å². The van der Waals surface area contributed by atoms with Crippen LogP contribution in [0.5, 0.6) is 5.75 Å². The minimum absolute atomic E-state index is 0.0772. The third-order valence-electron chi connectivity index (χ3n) is 14.6. The summed E-state index contributed by atoms with van der Waals surface area (Å²) < 4.78 is 12.2. The second-order valence-electron chi connectivity index (χ2n) is 19.5. The molecule has 11 nitrogen and oxygen atoms in total. The second kappa shape index (κ2) is 25.1. The summed E-state index contributed by atoms with van der Waals surface area (Å²) in [6.45, 7) is 6.13. The van der Waals surface area contributed by atoms with E-state index < -0.39 is 36.1 Å². The quantitative estimate of drug-likeness (QED) is 0.0557. The molecular formula is C54H74N2O9S. The van der Waals surface area contributed by atoms with Crippen LogP contribution in [0.25, 0.3) is 0 Å². The van der Waals surface area contributed by atoms with Crippen molar-refractivity contribution < 1.29 is 43.7 Å². The average molecular weight is 927 g/mol. The predicted molar refractivity (Wildman–Crippen MR) is 258 cm³/mol. The number of ether oxygens (including phenoxy) is 2. The normalized spacial score (nSPS) is 24.2. The van der Waals surface area contributed by atoms with Crippen molar-refractivity contribution in [2.75, 3.05) is 18.9 Å². The Morgan fingerprint density at radius 1 is 0.848 bits per heavy atom. The van der Waals surface area contributed by atoms with E-state index in [-0.39, 0.29) is 59.2 Å². The number of rotatable bonds is 23. The molecule has 3 unspecified atom stereocenters. The van der Waals surface area contributed by atoms with Gasteiger partial charge in [-0.05, 0) is 124 Å². The van der Waals surface area contributed by atoms with E-state index in [1.165, 1.54) is 4.90 Å². The summed E-state index contributed by atoms with van der Waals surface area (Å²) in [6, 6.07) is 23.2. The van der Waals surface area contributed by atoms with E-state index in [9.17, 15) is 34.2 Å². The number of carbonyl (C=O) groups is 5. The van der Waals surface area contributed by atoms with Gasteiger partial charge in [-0.3, -0.25) is 24.1 Å². The van der Waals surface area contributed by atoms with E-state index in [0.717, 1.165) is 106 Å². The Morgan fingerprint density at radius 2 is 1.56 bits per heavy atom. The number of benzene rings is 1.